The fraction of sp³-hybridized carbons (Fsp3) is 0.312. The molecule has 0 bridgehead atoms. The molecule has 0 unspecified atom stereocenters. The third-order valence-electron chi connectivity index (χ3n) is 2.61. The molecule has 0 saturated carbocycles. The third-order valence-corrected chi connectivity index (χ3v) is 2.61. The number of methoxy groups -OCH3 is 1. The largest absolute Gasteiger partial charge is 0.466 e. The number of esters is 2. The van der Waals surface area contributed by atoms with E-state index in [1.807, 2.05) is 30.3 Å². The van der Waals surface area contributed by atoms with E-state index in [2.05, 4.69) is 10.1 Å². The van der Waals surface area contributed by atoms with Gasteiger partial charge in [0.15, 0.2) is 0 Å². The van der Waals surface area contributed by atoms with Gasteiger partial charge in [0, 0.05) is 12.2 Å². The van der Waals surface area contributed by atoms with E-state index in [1.165, 1.54) is 7.11 Å². The molecule has 0 aliphatic rings. The number of carbonyl (C=O) groups is 3. The van der Waals surface area contributed by atoms with Gasteiger partial charge in [-0.05, 0) is 12.5 Å². The number of hydrogen-bond acceptors (Lipinski definition) is 6. The highest BCUT2D eigenvalue weighted by Gasteiger charge is 2.10. The van der Waals surface area contributed by atoms with E-state index in [0.717, 1.165) is 17.7 Å². The monoisotopic (exact) mass is 321 g/mol. The average Bonchev–Trinajstić information content (AvgIpc) is 2.56. The molecule has 1 aromatic carbocycles. The molecule has 0 spiro atoms. The Morgan fingerprint density at radius 1 is 1.09 bits per heavy atom. The lowest BCUT2D eigenvalue weighted by molar-refractivity contribution is -0.139. The van der Waals surface area contributed by atoms with Gasteiger partial charge in [0.2, 0.25) is 0 Å². The van der Waals surface area contributed by atoms with Gasteiger partial charge in [-0.3, -0.25) is 0 Å². The standard InChI is InChI=1S/C16H19NO6/c1-12(10-22-15(19)9-8-14(18)21-2)17-16(20)23-11-13-6-4-3-5-7-13/h3-9,12H,10-11H2,1-2H3,(H,17,20)/b9-8+/t12-/m1/s1. The van der Waals surface area contributed by atoms with Crippen LogP contribution in [0.2, 0.25) is 0 Å². The topological polar surface area (TPSA) is 90.9 Å². The van der Waals surface area contributed by atoms with Crippen molar-refractivity contribution in [3.05, 3.63) is 48.0 Å². The predicted molar refractivity (Wildman–Crippen MR) is 81.3 cm³/mol. The van der Waals surface area contributed by atoms with Crippen LogP contribution in [0.1, 0.15) is 12.5 Å². The van der Waals surface area contributed by atoms with Gasteiger partial charge in [0.1, 0.15) is 13.2 Å². The van der Waals surface area contributed by atoms with Crippen LogP contribution in [0.3, 0.4) is 0 Å². The van der Waals surface area contributed by atoms with E-state index in [-0.39, 0.29) is 13.2 Å². The Bertz CT molecular complexity index is 555. The highest BCUT2D eigenvalue weighted by Crippen LogP contribution is 2.00. The molecule has 7 nitrogen and oxygen atoms in total. The van der Waals surface area contributed by atoms with Gasteiger partial charge in [-0.2, -0.15) is 0 Å². The van der Waals surface area contributed by atoms with Gasteiger partial charge in [-0.15, -0.1) is 0 Å². The van der Waals surface area contributed by atoms with Crippen LogP contribution in [-0.4, -0.2) is 37.8 Å². The third kappa shape index (κ3) is 8.25. The summed E-state index contributed by atoms with van der Waals surface area (Å²) < 4.78 is 14.2. The molecule has 1 amide bonds. The minimum Gasteiger partial charge on any atom is -0.466 e. The summed E-state index contributed by atoms with van der Waals surface area (Å²) in [6, 6.07) is 8.81. The first-order chi connectivity index (χ1) is 11.0. The first-order valence-corrected chi connectivity index (χ1v) is 6.91. The molecule has 0 heterocycles. The lowest BCUT2D eigenvalue weighted by Crippen LogP contribution is -2.36. The van der Waals surface area contributed by atoms with Gasteiger partial charge in [0.25, 0.3) is 0 Å². The maximum absolute atomic E-state index is 11.6. The highest BCUT2D eigenvalue weighted by atomic mass is 16.6. The van der Waals surface area contributed by atoms with Crippen LogP contribution in [0.4, 0.5) is 4.79 Å². The molecule has 0 fully saturated rings. The molecule has 1 N–H and O–H groups in total. The van der Waals surface area contributed by atoms with E-state index in [0.29, 0.717) is 0 Å². The normalized spacial score (nSPS) is 11.6. The fourth-order valence-electron chi connectivity index (χ4n) is 1.47. The summed E-state index contributed by atoms with van der Waals surface area (Å²) in [5.41, 5.74) is 0.870. The Balaban J connectivity index is 2.23. The maximum atomic E-state index is 11.6. The summed E-state index contributed by atoms with van der Waals surface area (Å²) >= 11 is 0. The van der Waals surface area contributed by atoms with Crippen molar-refractivity contribution < 1.29 is 28.6 Å². The van der Waals surface area contributed by atoms with E-state index >= 15 is 0 Å². The first-order valence-electron chi connectivity index (χ1n) is 6.91. The van der Waals surface area contributed by atoms with Crippen molar-refractivity contribution in [2.75, 3.05) is 13.7 Å². The first kappa shape index (κ1) is 18.2. The van der Waals surface area contributed by atoms with Gasteiger partial charge < -0.3 is 19.5 Å². The number of hydrogen-bond donors (Lipinski definition) is 1. The molecule has 1 rings (SSSR count). The second-order valence-electron chi connectivity index (χ2n) is 4.59. The predicted octanol–water partition coefficient (Wildman–Crippen LogP) is 1.57. The number of rotatable bonds is 7. The van der Waals surface area contributed by atoms with Crippen LogP contribution >= 0.6 is 0 Å². The zero-order chi connectivity index (χ0) is 17.1. The van der Waals surface area contributed by atoms with Crippen molar-refractivity contribution in [1.29, 1.82) is 0 Å². The summed E-state index contributed by atoms with van der Waals surface area (Å²) in [5, 5.41) is 2.53. The summed E-state index contributed by atoms with van der Waals surface area (Å²) in [7, 11) is 1.20. The van der Waals surface area contributed by atoms with Crippen molar-refractivity contribution >= 4 is 18.0 Å². The van der Waals surface area contributed by atoms with Crippen molar-refractivity contribution in [1.82, 2.24) is 5.32 Å². The molecule has 0 aliphatic heterocycles. The van der Waals surface area contributed by atoms with E-state index in [4.69, 9.17) is 9.47 Å². The van der Waals surface area contributed by atoms with Crippen LogP contribution in [0, 0.1) is 0 Å². The van der Waals surface area contributed by atoms with Crippen LogP contribution in [-0.2, 0) is 30.4 Å². The molecule has 1 atom stereocenters. The molecular formula is C16H19NO6. The Hall–Kier alpha value is -2.83. The van der Waals surface area contributed by atoms with Gasteiger partial charge >= 0.3 is 18.0 Å². The number of alkyl carbamates (subject to hydrolysis) is 1. The molecule has 7 heteroatoms. The van der Waals surface area contributed by atoms with Gasteiger partial charge in [-0.1, -0.05) is 30.3 Å². The summed E-state index contributed by atoms with van der Waals surface area (Å²) in [5.74, 6) is -1.36. The van der Waals surface area contributed by atoms with Crippen molar-refractivity contribution in [2.45, 2.75) is 19.6 Å². The van der Waals surface area contributed by atoms with Crippen LogP contribution in [0.25, 0.3) is 0 Å². The van der Waals surface area contributed by atoms with Crippen LogP contribution in [0.5, 0.6) is 0 Å². The highest BCUT2D eigenvalue weighted by molar-refractivity contribution is 5.91. The molecule has 0 saturated heterocycles. The number of carbonyl (C=O) groups excluding carboxylic acids is 3. The quantitative estimate of drug-likeness (QED) is 0.466. The zero-order valence-corrected chi connectivity index (χ0v) is 13.0. The van der Waals surface area contributed by atoms with Crippen LogP contribution in [0.15, 0.2) is 42.5 Å². The second-order valence-corrected chi connectivity index (χ2v) is 4.59. The van der Waals surface area contributed by atoms with Crippen molar-refractivity contribution in [3.63, 3.8) is 0 Å². The molecule has 0 aromatic heterocycles. The van der Waals surface area contributed by atoms with Crippen molar-refractivity contribution in [2.24, 2.45) is 0 Å². The zero-order valence-electron chi connectivity index (χ0n) is 13.0. The number of ether oxygens (including phenoxy) is 3. The molecule has 0 aliphatic carbocycles. The van der Waals surface area contributed by atoms with Gasteiger partial charge in [0.05, 0.1) is 13.2 Å². The van der Waals surface area contributed by atoms with E-state index < -0.39 is 24.1 Å². The number of benzene rings is 1. The van der Waals surface area contributed by atoms with E-state index in [1.54, 1.807) is 6.92 Å². The lowest BCUT2D eigenvalue weighted by Gasteiger charge is -2.13. The summed E-state index contributed by atoms with van der Waals surface area (Å²) in [6.07, 6.45) is 1.29. The molecule has 1 aromatic rings. The summed E-state index contributed by atoms with van der Waals surface area (Å²) in [6.45, 7) is 1.76. The minimum absolute atomic E-state index is 0.0508. The SMILES string of the molecule is COC(=O)/C=C/C(=O)OC[C@@H](C)NC(=O)OCc1ccccc1. The molecule has 23 heavy (non-hydrogen) atoms. The Kier molecular flexibility index (Phi) is 7.91. The average molecular weight is 321 g/mol. The Labute approximate surface area is 134 Å². The Morgan fingerprint density at radius 3 is 2.39 bits per heavy atom. The molecule has 0 radical (unpaired) electrons. The molecular weight excluding hydrogens is 302 g/mol. The summed E-state index contributed by atoms with van der Waals surface area (Å²) in [4.78, 5) is 33.7. The maximum Gasteiger partial charge on any atom is 0.407 e. The fourth-order valence-corrected chi connectivity index (χ4v) is 1.47. The smallest absolute Gasteiger partial charge is 0.407 e. The number of amides is 1. The lowest BCUT2D eigenvalue weighted by atomic mass is 10.2. The minimum atomic E-state index is -0.707. The second kappa shape index (κ2) is 9.99. The Morgan fingerprint density at radius 2 is 1.74 bits per heavy atom. The van der Waals surface area contributed by atoms with Crippen LogP contribution < -0.4 is 5.32 Å². The number of nitrogens with one attached hydrogen (secondary N) is 1. The van der Waals surface area contributed by atoms with E-state index in [9.17, 15) is 14.4 Å². The van der Waals surface area contributed by atoms with Gasteiger partial charge in [-0.25, -0.2) is 14.4 Å². The van der Waals surface area contributed by atoms with Crippen molar-refractivity contribution in [3.8, 4) is 0 Å². The molecule has 124 valence electrons.